The minimum absolute atomic E-state index is 0.192. The Morgan fingerprint density at radius 3 is 2.93 bits per heavy atom. The number of benzene rings is 2. The number of carbonyl (C=O) groups excluding carboxylic acids is 1. The Labute approximate surface area is 174 Å². The summed E-state index contributed by atoms with van der Waals surface area (Å²) in [5, 5.41) is 12.7. The predicted molar refractivity (Wildman–Crippen MR) is 116 cm³/mol. The molecule has 2 aromatic heterocycles. The lowest BCUT2D eigenvalue weighted by Crippen LogP contribution is -2.12. The summed E-state index contributed by atoms with van der Waals surface area (Å²) < 4.78 is 7.46. The molecule has 2 N–H and O–H groups in total. The van der Waals surface area contributed by atoms with Crippen LogP contribution in [0.4, 0.5) is 5.69 Å². The van der Waals surface area contributed by atoms with Crippen LogP contribution < -0.4 is 10.1 Å². The van der Waals surface area contributed by atoms with Gasteiger partial charge in [-0.1, -0.05) is 18.6 Å². The fraction of sp³-hybridized carbons (Fsp3) is 0.261. The normalized spacial score (nSPS) is 13.6. The minimum atomic E-state index is -0.192. The number of nitrogens with one attached hydrogen (secondary N) is 2. The third kappa shape index (κ3) is 3.43. The van der Waals surface area contributed by atoms with E-state index in [2.05, 4.69) is 25.1 Å². The van der Waals surface area contributed by atoms with Gasteiger partial charge >= 0.3 is 0 Å². The highest BCUT2D eigenvalue weighted by atomic mass is 16.5. The van der Waals surface area contributed by atoms with E-state index in [4.69, 9.17) is 4.74 Å². The van der Waals surface area contributed by atoms with E-state index in [0.717, 1.165) is 65.4 Å². The highest BCUT2D eigenvalue weighted by Gasteiger charge is 2.17. The fourth-order valence-corrected chi connectivity index (χ4v) is 3.99. The maximum absolute atomic E-state index is 12.8. The first-order valence-corrected chi connectivity index (χ1v) is 10.2. The van der Waals surface area contributed by atoms with E-state index in [0.29, 0.717) is 5.69 Å². The van der Waals surface area contributed by atoms with Gasteiger partial charge in [0.05, 0.1) is 7.11 Å². The molecule has 0 saturated carbocycles. The Morgan fingerprint density at radius 1 is 1.10 bits per heavy atom. The molecule has 1 aliphatic heterocycles. The summed E-state index contributed by atoms with van der Waals surface area (Å²) in [4.78, 5) is 16.0. The molecule has 0 bridgehead atoms. The molecule has 2 aromatic carbocycles. The number of carbonyl (C=O) groups is 1. The summed E-state index contributed by atoms with van der Waals surface area (Å²) >= 11 is 0. The largest absolute Gasteiger partial charge is 0.497 e. The van der Waals surface area contributed by atoms with Crippen LogP contribution in [0.2, 0.25) is 0 Å². The molecule has 7 nitrogen and oxygen atoms in total. The van der Waals surface area contributed by atoms with Crippen molar-refractivity contribution in [3.63, 3.8) is 0 Å². The Morgan fingerprint density at radius 2 is 2.03 bits per heavy atom. The average Bonchev–Trinajstić information content (AvgIpc) is 3.30. The lowest BCUT2D eigenvalue weighted by atomic mass is 10.2. The molecule has 3 heterocycles. The van der Waals surface area contributed by atoms with Crippen LogP contribution in [0.5, 0.6) is 5.75 Å². The number of hydrogen-bond acceptors (Lipinski definition) is 4. The number of rotatable bonds is 4. The Hall–Kier alpha value is -3.61. The van der Waals surface area contributed by atoms with Gasteiger partial charge in [0.15, 0.2) is 5.82 Å². The molecule has 30 heavy (non-hydrogen) atoms. The summed E-state index contributed by atoms with van der Waals surface area (Å²) in [6, 6.07) is 15.3. The summed E-state index contributed by atoms with van der Waals surface area (Å²) in [5.41, 5.74) is 3.04. The zero-order chi connectivity index (χ0) is 20.5. The third-order valence-electron chi connectivity index (χ3n) is 5.56. The van der Waals surface area contributed by atoms with E-state index in [-0.39, 0.29) is 5.91 Å². The monoisotopic (exact) mass is 401 g/mol. The second-order valence-electron chi connectivity index (χ2n) is 7.57. The fourth-order valence-electron chi connectivity index (χ4n) is 3.99. The van der Waals surface area contributed by atoms with Crippen LogP contribution in [0.25, 0.3) is 22.3 Å². The highest BCUT2D eigenvalue weighted by molar-refractivity contribution is 6.06. The van der Waals surface area contributed by atoms with E-state index in [1.165, 1.54) is 6.42 Å². The van der Waals surface area contributed by atoms with Crippen molar-refractivity contribution in [2.75, 3.05) is 12.4 Å². The van der Waals surface area contributed by atoms with Crippen molar-refractivity contribution in [2.24, 2.45) is 0 Å². The van der Waals surface area contributed by atoms with Crippen LogP contribution in [0, 0.1) is 0 Å². The topological polar surface area (TPSA) is 84.8 Å². The van der Waals surface area contributed by atoms with Crippen molar-refractivity contribution in [1.29, 1.82) is 0 Å². The molecular weight excluding hydrogens is 378 g/mol. The standard InChI is InChI=1S/C23H23N5O2/c1-30-18-10-9-15-13-20(25-19(15)14-18)23(29)24-17-7-5-6-16(12-17)22-27-26-21-8-3-2-4-11-28(21)22/h5-7,9-10,12-14,25H,2-4,8,11H2,1H3,(H,24,29). The zero-order valence-corrected chi connectivity index (χ0v) is 16.8. The van der Waals surface area contributed by atoms with Gasteiger partial charge in [-0.2, -0.15) is 0 Å². The molecule has 0 spiro atoms. The van der Waals surface area contributed by atoms with E-state index in [1.54, 1.807) is 7.11 Å². The van der Waals surface area contributed by atoms with Crippen LogP contribution in [0.1, 0.15) is 35.6 Å². The van der Waals surface area contributed by atoms with Gasteiger partial charge in [0.2, 0.25) is 0 Å². The zero-order valence-electron chi connectivity index (χ0n) is 16.8. The molecule has 0 unspecified atom stereocenters. The quantitative estimate of drug-likeness (QED) is 0.530. The van der Waals surface area contributed by atoms with Crippen molar-refractivity contribution in [2.45, 2.75) is 32.2 Å². The molecule has 0 radical (unpaired) electrons. The Kier molecular flexibility index (Phi) is 4.71. The molecule has 1 amide bonds. The van der Waals surface area contributed by atoms with E-state index in [1.807, 2.05) is 48.5 Å². The maximum Gasteiger partial charge on any atom is 0.272 e. The summed E-state index contributed by atoms with van der Waals surface area (Å²) in [7, 11) is 1.62. The number of aromatic nitrogens is 4. The first kappa shape index (κ1) is 18.4. The molecule has 0 atom stereocenters. The third-order valence-corrected chi connectivity index (χ3v) is 5.56. The number of amides is 1. The number of ether oxygens (including phenoxy) is 1. The number of anilines is 1. The van der Waals surface area contributed by atoms with E-state index in [9.17, 15) is 4.79 Å². The number of hydrogen-bond donors (Lipinski definition) is 2. The van der Waals surface area contributed by atoms with Gasteiger partial charge in [0.1, 0.15) is 17.3 Å². The van der Waals surface area contributed by atoms with Gasteiger partial charge in [-0.25, -0.2) is 0 Å². The lowest BCUT2D eigenvalue weighted by molar-refractivity contribution is 0.102. The van der Waals surface area contributed by atoms with Crippen LogP contribution in [0.3, 0.4) is 0 Å². The number of fused-ring (bicyclic) bond motifs is 2. The lowest BCUT2D eigenvalue weighted by Gasteiger charge is -2.09. The van der Waals surface area contributed by atoms with E-state index < -0.39 is 0 Å². The van der Waals surface area contributed by atoms with Gasteiger partial charge in [-0.05, 0) is 43.2 Å². The van der Waals surface area contributed by atoms with Gasteiger partial charge in [0.25, 0.3) is 5.91 Å². The van der Waals surface area contributed by atoms with Gasteiger partial charge in [0, 0.05) is 41.2 Å². The van der Waals surface area contributed by atoms with Crippen molar-refractivity contribution in [3.8, 4) is 17.1 Å². The molecule has 7 heteroatoms. The van der Waals surface area contributed by atoms with Crippen LogP contribution >= 0.6 is 0 Å². The summed E-state index contributed by atoms with van der Waals surface area (Å²) in [6.45, 7) is 0.937. The number of methoxy groups -OCH3 is 1. The van der Waals surface area contributed by atoms with Gasteiger partial charge in [-0.15, -0.1) is 10.2 Å². The second-order valence-corrected chi connectivity index (χ2v) is 7.57. The second kappa shape index (κ2) is 7.67. The smallest absolute Gasteiger partial charge is 0.272 e. The molecule has 0 fully saturated rings. The van der Waals surface area contributed by atoms with Crippen molar-refractivity contribution in [3.05, 3.63) is 60.0 Å². The summed E-state index contributed by atoms with van der Waals surface area (Å²) in [5.74, 6) is 2.46. The Bertz CT molecular complexity index is 1220. The molecule has 0 saturated heterocycles. The van der Waals surface area contributed by atoms with Gasteiger partial charge in [-0.3, -0.25) is 4.79 Å². The molecule has 152 valence electrons. The van der Waals surface area contributed by atoms with E-state index >= 15 is 0 Å². The Balaban J connectivity index is 1.40. The highest BCUT2D eigenvalue weighted by Crippen LogP contribution is 2.26. The minimum Gasteiger partial charge on any atom is -0.497 e. The molecular formula is C23H23N5O2. The number of aryl methyl sites for hydroxylation is 1. The maximum atomic E-state index is 12.8. The predicted octanol–water partition coefficient (Wildman–Crippen LogP) is 4.41. The average molecular weight is 401 g/mol. The number of aromatic amines is 1. The summed E-state index contributed by atoms with van der Waals surface area (Å²) in [6.07, 6.45) is 4.48. The van der Waals surface area contributed by atoms with Crippen LogP contribution in [-0.4, -0.2) is 32.8 Å². The molecule has 4 aromatic rings. The van der Waals surface area contributed by atoms with Crippen molar-refractivity contribution in [1.82, 2.24) is 19.7 Å². The van der Waals surface area contributed by atoms with Gasteiger partial charge < -0.3 is 19.6 Å². The molecule has 0 aliphatic carbocycles. The van der Waals surface area contributed by atoms with Crippen LogP contribution in [-0.2, 0) is 13.0 Å². The number of nitrogens with zero attached hydrogens (tertiary/aromatic N) is 3. The molecule has 1 aliphatic rings. The van der Waals surface area contributed by atoms with Crippen molar-refractivity contribution < 1.29 is 9.53 Å². The first-order chi connectivity index (χ1) is 14.7. The van der Waals surface area contributed by atoms with Crippen LogP contribution in [0.15, 0.2) is 48.5 Å². The van der Waals surface area contributed by atoms with Crippen molar-refractivity contribution >= 4 is 22.5 Å². The molecule has 5 rings (SSSR count). The SMILES string of the molecule is COc1ccc2cc(C(=O)Nc3cccc(-c4nnc5n4CCCCC5)c3)[nH]c2c1. The number of H-pyrrole nitrogens is 1. The first-order valence-electron chi connectivity index (χ1n) is 10.2.